The van der Waals surface area contributed by atoms with Crippen LogP contribution in [0.1, 0.15) is 49.9 Å². The second kappa shape index (κ2) is 14.3. The molecule has 314 valence electrons. The zero-order valence-corrected chi connectivity index (χ0v) is 37.6. The molecule has 1 aromatic heterocycles. The summed E-state index contributed by atoms with van der Waals surface area (Å²) in [7, 11) is 0. The van der Waals surface area contributed by atoms with Crippen LogP contribution in [0.25, 0.3) is 88.3 Å². The quantitative estimate of drug-likeness (QED) is 0.166. The van der Waals surface area contributed by atoms with E-state index in [0.29, 0.717) is 0 Å². The van der Waals surface area contributed by atoms with E-state index in [2.05, 4.69) is 233 Å². The molecule has 66 heavy (non-hydrogen) atoms. The molecule has 2 nitrogen and oxygen atoms in total. The molecule has 0 atom stereocenters. The maximum absolute atomic E-state index is 6.32. The molecule has 0 saturated carbocycles. The molecule has 0 unspecified atom stereocenters. The minimum Gasteiger partial charge on any atom is -0.456 e. The fraction of sp³-hybridized carbons (Fsp3) is 0.0938. The van der Waals surface area contributed by atoms with Gasteiger partial charge in [0.2, 0.25) is 0 Å². The van der Waals surface area contributed by atoms with E-state index >= 15 is 0 Å². The van der Waals surface area contributed by atoms with Crippen molar-refractivity contribution in [3.05, 3.63) is 235 Å². The minimum atomic E-state index is -0.234. The second-order valence-corrected chi connectivity index (χ2v) is 19.3. The molecule has 0 spiro atoms. The minimum absolute atomic E-state index is 0.191. The van der Waals surface area contributed by atoms with Crippen LogP contribution in [0.4, 0.5) is 17.1 Å². The van der Waals surface area contributed by atoms with Gasteiger partial charge >= 0.3 is 0 Å². The van der Waals surface area contributed by atoms with Crippen molar-refractivity contribution < 1.29 is 4.42 Å². The van der Waals surface area contributed by atoms with Crippen LogP contribution in [0.5, 0.6) is 0 Å². The standard InChI is InChI=1S/C64H47NO/c1-63(2)57-35-43(40-13-6-5-7-14-40)23-30-51(57)53-33-28-47(38-59(53)63)65(46-26-21-42(22-27-46)50-19-12-16-41-15-8-9-17-49(41)50)48-29-34-54-52-31-24-44(36-58(52)64(3,4)60(54)39-48)45-25-32-56-55-18-10-11-20-61(55)66-62(56)37-45/h5-39H,1-4H3. The predicted molar refractivity (Wildman–Crippen MR) is 277 cm³/mol. The highest BCUT2D eigenvalue weighted by Gasteiger charge is 2.38. The molecule has 2 heteroatoms. The third-order valence-electron chi connectivity index (χ3n) is 14.9. The maximum Gasteiger partial charge on any atom is 0.136 e. The Morgan fingerprint density at radius 3 is 1.44 bits per heavy atom. The topological polar surface area (TPSA) is 16.4 Å². The van der Waals surface area contributed by atoms with Crippen molar-refractivity contribution in [1.82, 2.24) is 0 Å². The Morgan fingerprint density at radius 2 is 0.773 bits per heavy atom. The highest BCUT2D eigenvalue weighted by Crippen LogP contribution is 2.54. The zero-order valence-electron chi connectivity index (χ0n) is 37.6. The van der Waals surface area contributed by atoms with Crippen molar-refractivity contribution >= 4 is 49.8 Å². The van der Waals surface area contributed by atoms with Gasteiger partial charge in [-0.1, -0.05) is 173 Å². The van der Waals surface area contributed by atoms with Gasteiger partial charge in [0, 0.05) is 38.7 Å². The highest BCUT2D eigenvalue weighted by molar-refractivity contribution is 6.06. The molecule has 10 aromatic carbocycles. The normalized spacial score (nSPS) is 14.0. The van der Waals surface area contributed by atoms with Gasteiger partial charge in [0.15, 0.2) is 0 Å². The molecule has 0 amide bonds. The van der Waals surface area contributed by atoms with Crippen molar-refractivity contribution in [1.29, 1.82) is 0 Å². The van der Waals surface area contributed by atoms with E-state index in [0.717, 1.165) is 44.6 Å². The number of rotatable bonds is 6. The number of nitrogens with zero attached hydrogens (tertiary/aromatic N) is 1. The van der Waals surface area contributed by atoms with Crippen molar-refractivity contribution in [3.63, 3.8) is 0 Å². The molecule has 1 heterocycles. The van der Waals surface area contributed by atoms with E-state index in [-0.39, 0.29) is 10.8 Å². The van der Waals surface area contributed by atoms with Gasteiger partial charge in [-0.25, -0.2) is 0 Å². The van der Waals surface area contributed by atoms with Gasteiger partial charge in [0.25, 0.3) is 0 Å². The number of para-hydroxylation sites is 1. The molecular weight excluding hydrogens is 799 g/mol. The van der Waals surface area contributed by atoms with Gasteiger partial charge in [0.05, 0.1) is 0 Å². The first kappa shape index (κ1) is 38.5. The molecule has 0 saturated heterocycles. The Morgan fingerprint density at radius 1 is 0.303 bits per heavy atom. The van der Waals surface area contributed by atoms with E-state index < -0.39 is 0 Å². The summed E-state index contributed by atoms with van der Waals surface area (Å²) in [5.41, 5.74) is 22.7. The lowest BCUT2D eigenvalue weighted by molar-refractivity contribution is 0.660. The smallest absolute Gasteiger partial charge is 0.136 e. The number of anilines is 3. The summed E-state index contributed by atoms with van der Waals surface area (Å²) in [6.07, 6.45) is 0. The molecule has 0 N–H and O–H groups in total. The molecule has 0 fully saturated rings. The molecule has 13 rings (SSSR count). The summed E-state index contributed by atoms with van der Waals surface area (Å²) in [4.78, 5) is 2.47. The first-order valence-corrected chi connectivity index (χ1v) is 23.2. The number of fused-ring (bicyclic) bond motifs is 10. The van der Waals surface area contributed by atoms with E-state index in [4.69, 9.17) is 4.42 Å². The number of benzene rings is 10. The molecule has 11 aromatic rings. The monoisotopic (exact) mass is 845 g/mol. The Kier molecular flexibility index (Phi) is 8.33. The van der Waals surface area contributed by atoms with Gasteiger partial charge < -0.3 is 9.32 Å². The third-order valence-corrected chi connectivity index (χ3v) is 14.9. The van der Waals surface area contributed by atoms with Gasteiger partial charge in [-0.3, -0.25) is 0 Å². The van der Waals surface area contributed by atoms with Gasteiger partial charge in [-0.2, -0.15) is 0 Å². The van der Waals surface area contributed by atoms with Crippen LogP contribution in [-0.4, -0.2) is 0 Å². The third kappa shape index (κ3) is 5.81. The lowest BCUT2D eigenvalue weighted by atomic mass is 9.81. The Balaban J connectivity index is 0.917. The van der Waals surface area contributed by atoms with Crippen molar-refractivity contribution in [3.8, 4) is 55.6 Å². The van der Waals surface area contributed by atoms with Crippen LogP contribution in [0.3, 0.4) is 0 Å². The summed E-state index contributed by atoms with van der Waals surface area (Å²) in [6.45, 7) is 9.54. The molecule has 2 aliphatic carbocycles. The molecule has 0 aliphatic heterocycles. The van der Waals surface area contributed by atoms with Crippen LogP contribution in [0, 0.1) is 0 Å². The summed E-state index contributed by atoms with van der Waals surface area (Å²) in [5, 5.41) is 4.82. The van der Waals surface area contributed by atoms with E-state index in [9.17, 15) is 0 Å². The van der Waals surface area contributed by atoms with E-state index in [1.165, 1.54) is 83.1 Å². The largest absolute Gasteiger partial charge is 0.456 e. The van der Waals surface area contributed by atoms with Gasteiger partial charge in [-0.05, 0) is 155 Å². The van der Waals surface area contributed by atoms with Crippen molar-refractivity contribution in [2.24, 2.45) is 0 Å². The Bertz CT molecular complexity index is 3750. The van der Waals surface area contributed by atoms with Crippen LogP contribution < -0.4 is 4.90 Å². The van der Waals surface area contributed by atoms with Crippen molar-refractivity contribution in [2.75, 3.05) is 4.90 Å². The maximum atomic E-state index is 6.32. The fourth-order valence-corrected chi connectivity index (χ4v) is 11.3. The van der Waals surface area contributed by atoms with Crippen LogP contribution in [-0.2, 0) is 10.8 Å². The molecule has 2 aliphatic rings. The molecule has 0 radical (unpaired) electrons. The Hall–Kier alpha value is -7.94. The molecule has 0 bridgehead atoms. The SMILES string of the molecule is CC1(C)c2cc(-c3ccccc3)ccc2-c2ccc(N(c3ccc(-c4cccc5ccccc45)cc3)c3ccc4c(c3)C(C)(C)c3cc(-c5ccc6c(c5)oc5ccccc56)ccc3-4)cc21. The molecular formula is C64H47NO. The average molecular weight is 846 g/mol. The lowest BCUT2D eigenvalue weighted by Crippen LogP contribution is -2.18. The van der Waals surface area contributed by atoms with E-state index in [1.54, 1.807) is 0 Å². The van der Waals surface area contributed by atoms with E-state index in [1.807, 2.05) is 12.1 Å². The predicted octanol–water partition coefficient (Wildman–Crippen LogP) is 17.8. The van der Waals surface area contributed by atoms with Crippen LogP contribution >= 0.6 is 0 Å². The number of hydrogen-bond donors (Lipinski definition) is 0. The van der Waals surface area contributed by atoms with Crippen LogP contribution in [0.2, 0.25) is 0 Å². The van der Waals surface area contributed by atoms with Crippen molar-refractivity contribution in [2.45, 2.75) is 38.5 Å². The summed E-state index contributed by atoms with van der Waals surface area (Å²) >= 11 is 0. The second-order valence-electron chi connectivity index (χ2n) is 19.3. The fourth-order valence-electron chi connectivity index (χ4n) is 11.3. The number of furan rings is 1. The highest BCUT2D eigenvalue weighted by atomic mass is 16.3. The summed E-state index contributed by atoms with van der Waals surface area (Å²) in [6, 6.07) is 78.4. The van der Waals surface area contributed by atoms with Gasteiger partial charge in [-0.15, -0.1) is 0 Å². The summed E-state index contributed by atoms with van der Waals surface area (Å²) in [5.74, 6) is 0. The Labute approximate surface area is 386 Å². The van der Waals surface area contributed by atoms with Crippen LogP contribution in [0.15, 0.2) is 217 Å². The average Bonchev–Trinajstić information content (AvgIpc) is 3.92. The lowest BCUT2D eigenvalue weighted by Gasteiger charge is -2.30. The zero-order chi connectivity index (χ0) is 44.3. The first-order chi connectivity index (χ1) is 32.2. The summed E-state index contributed by atoms with van der Waals surface area (Å²) < 4.78 is 6.32. The first-order valence-electron chi connectivity index (χ1n) is 23.2. The number of hydrogen-bond acceptors (Lipinski definition) is 2. The van der Waals surface area contributed by atoms with Gasteiger partial charge in [0.1, 0.15) is 11.2 Å².